The van der Waals surface area contributed by atoms with Crippen molar-refractivity contribution in [2.24, 2.45) is 0 Å². The number of ether oxygens (including phenoxy) is 1. The molecule has 2 atom stereocenters. The maximum absolute atomic E-state index is 11.3. The minimum atomic E-state index is -0.555. The van der Waals surface area contributed by atoms with E-state index < -0.39 is 6.10 Å². The maximum Gasteiger partial charge on any atom is 0.330 e. The number of hydrogen-bond acceptors (Lipinski definition) is 3. The SMILES string of the molecule is C[C@@H]1Cc2ccccc2[C@@H](O)C/C=C\C(=O)O1. The van der Waals surface area contributed by atoms with E-state index in [2.05, 4.69) is 0 Å². The number of rotatable bonds is 0. The molecule has 3 heteroatoms. The summed E-state index contributed by atoms with van der Waals surface area (Å²) in [6, 6.07) is 7.73. The summed E-state index contributed by atoms with van der Waals surface area (Å²) in [5.41, 5.74) is 1.96. The number of hydrogen-bond donors (Lipinski definition) is 1. The van der Waals surface area contributed by atoms with E-state index in [9.17, 15) is 9.90 Å². The Morgan fingerprint density at radius 3 is 2.94 bits per heavy atom. The molecule has 1 aromatic rings. The van der Waals surface area contributed by atoms with Gasteiger partial charge >= 0.3 is 5.97 Å². The Morgan fingerprint density at radius 2 is 2.12 bits per heavy atom. The van der Waals surface area contributed by atoms with Crippen LogP contribution in [0.5, 0.6) is 0 Å². The fourth-order valence-electron chi connectivity index (χ4n) is 2.05. The lowest BCUT2D eigenvalue weighted by molar-refractivity contribution is -0.142. The molecule has 1 aromatic carbocycles. The Bertz CT molecular complexity index is 437. The van der Waals surface area contributed by atoms with Crippen molar-refractivity contribution in [1.29, 1.82) is 0 Å². The average molecular weight is 232 g/mol. The van der Waals surface area contributed by atoms with Gasteiger partial charge in [0.15, 0.2) is 0 Å². The highest BCUT2D eigenvalue weighted by molar-refractivity contribution is 5.82. The Balaban J connectivity index is 2.33. The average Bonchev–Trinajstić information content (AvgIpc) is 2.28. The van der Waals surface area contributed by atoms with E-state index in [0.717, 1.165) is 11.1 Å². The number of carbonyl (C=O) groups excluding carboxylic acids is 1. The van der Waals surface area contributed by atoms with Crippen LogP contribution in [0.15, 0.2) is 36.4 Å². The second-order valence-corrected chi connectivity index (χ2v) is 4.30. The fraction of sp³-hybridized carbons (Fsp3) is 0.357. The van der Waals surface area contributed by atoms with Gasteiger partial charge in [-0.25, -0.2) is 4.79 Å². The summed E-state index contributed by atoms with van der Waals surface area (Å²) in [5, 5.41) is 10.1. The third kappa shape index (κ3) is 2.94. The minimum Gasteiger partial charge on any atom is -0.459 e. The first-order chi connectivity index (χ1) is 8.16. The predicted molar refractivity (Wildman–Crippen MR) is 64.4 cm³/mol. The number of fused-ring (bicyclic) bond motifs is 1. The largest absolute Gasteiger partial charge is 0.459 e. The van der Waals surface area contributed by atoms with E-state index in [1.54, 1.807) is 6.08 Å². The van der Waals surface area contributed by atoms with E-state index in [0.29, 0.717) is 12.8 Å². The quantitative estimate of drug-likeness (QED) is 0.697. The molecule has 1 aliphatic rings. The molecule has 1 aliphatic heterocycles. The number of carbonyl (C=O) groups is 1. The van der Waals surface area contributed by atoms with Crippen molar-refractivity contribution in [3.05, 3.63) is 47.5 Å². The standard InChI is InChI=1S/C14H16O3/c1-10-9-11-5-2-3-6-12(11)13(15)7-4-8-14(16)17-10/h2-6,8,10,13,15H,7,9H2,1H3/b8-4-/t10-,13+/m1/s1. The molecule has 0 unspecified atom stereocenters. The van der Waals surface area contributed by atoms with Gasteiger partial charge in [-0.1, -0.05) is 30.3 Å². The third-order valence-electron chi connectivity index (χ3n) is 2.85. The normalized spacial score (nSPS) is 26.8. The van der Waals surface area contributed by atoms with Gasteiger partial charge in [0.1, 0.15) is 6.10 Å². The van der Waals surface area contributed by atoms with E-state index in [1.807, 2.05) is 31.2 Å². The lowest BCUT2D eigenvalue weighted by atomic mass is 9.96. The zero-order chi connectivity index (χ0) is 12.3. The van der Waals surface area contributed by atoms with Gasteiger partial charge in [0, 0.05) is 12.5 Å². The molecule has 17 heavy (non-hydrogen) atoms. The molecule has 0 aliphatic carbocycles. The molecule has 90 valence electrons. The summed E-state index contributed by atoms with van der Waals surface area (Å²) < 4.78 is 5.21. The summed E-state index contributed by atoms with van der Waals surface area (Å²) in [5.74, 6) is -0.343. The summed E-state index contributed by atoms with van der Waals surface area (Å²) in [7, 11) is 0. The zero-order valence-corrected chi connectivity index (χ0v) is 9.80. The zero-order valence-electron chi connectivity index (χ0n) is 9.80. The topological polar surface area (TPSA) is 46.5 Å². The van der Waals surface area contributed by atoms with Crippen LogP contribution < -0.4 is 0 Å². The van der Waals surface area contributed by atoms with Gasteiger partial charge in [-0.2, -0.15) is 0 Å². The Labute approximate surface area is 101 Å². The van der Waals surface area contributed by atoms with Gasteiger partial charge in [-0.3, -0.25) is 0 Å². The van der Waals surface area contributed by atoms with Crippen molar-refractivity contribution >= 4 is 5.97 Å². The lowest BCUT2D eigenvalue weighted by Crippen LogP contribution is -2.18. The second kappa shape index (κ2) is 5.15. The van der Waals surface area contributed by atoms with Crippen molar-refractivity contribution in [2.45, 2.75) is 32.0 Å². The lowest BCUT2D eigenvalue weighted by Gasteiger charge is -2.19. The van der Waals surface area contributed by atoms with Gasteiger partial charge in [-0.05, 0) is 24.5 Å². The molecule has 0 bridgehead atoms. The first-order valence-electron chi connectivity index (χ1n) is 5.80. The van der Waals surface area contributed by atoms with Crippen molar-refractivity contribution in [1.82, 2.24) is 0 Å². The molecule has 2 rings (SSSR count). The minimum absolute atomic E-state index is 0.182. The molecule has 0 fully saturated rings. The van der Waals surface area contributed by atoms with Gasteiger partial charge in [-0.15, -0.1) is 0 Å². The van der Waals surface area contributed by atoms with Crippen LogP contribution in [0.4, 0.5) is 0 Å². The first-order valence-corrected chi connectivity index (χ1v) is 5.80. The fourth-order valence-corrected chi connectivity index (χ4v) is 2.05. The third-order valence-corrected chi connectivity index (χ3v) is 2.85. The van der Waals surface area contributed by atoms with Crippen LogP contribution in [0.25, 0.3) is 0 Å². The number of cyclic esters (lactones) is 1. The Kier molecular flexibility index (Phi) is 3.59. The van der Waals surface area contributed by atoms with Crippen LogP contribution in [-0.4, -0.2) is 17.2 Å². The molecule has 0 aromatic heterocycles. The molecule has 0 saturated carbocycles. The molecular weight excluding hydrogens is 216 g/mol. The monoisotopic (exact) mass is 232 g/mol. The van der Waals surface area contributed by atoms with Crippen molar-refractivity contribution in [3.8, 4) is 0 Å². The molecular formula is C14H16O3. The van der Waals surface area contributed by atoms with E-state index in [-0.39, 0.29) is 12.1 Å². The summed E-state index contributed by atoms with van der Waals surface area (Å²) >= 11 is 0. The molecule has 1 heterocycles. The molecule has 0 saturated heterocycles. The van der Waals surface area contributed by atoms with Gasteiger partial charge < -0.3 is 9.84 Å². The highest BCUT2D eigenvalue weighted by Crippen LogP contribution is 2.23. The second-order valence-electron chi connectivity index (χ2n) is 4.30. The number of aliphatic hydroxyl groups excluding tert-OH is 1. The van der Waals surface area contributed by atoms with Crippen LogP contribution in [0, 0.1) is 0 Å². The van der Waals surface area contributed by atoms with Gasteiger partial charge in [0.05, 0.1) is 6.10 Å². The summed E-state index contributed by atoms with van der Waals surface area (Å²) in [4.78, 5) is 11.3. The first kappa shape index (κ1) is 11.9. The van der Waals surface area contributed by atoms with E-state index in [4.69, 9.17) is 4.74 Å². The molecule has 1 N–H and O–H groups in total. The van der Waals surface area contributed by atoms with Crippen molar-refractivity contribution in [3.63, 3.8) is 0 Å². The van der Waals surface area contributed by atoms with Gasteiger partial charge in [0.2, 0.25) is 0 Å². The molecule has 0 spiro atoms. The number of benzene rings is 1. The van der Waals surface area contributed by atoms with Crippen LogP contribution >= 0.6 is 0 Å². The van der Waals surface area contributed by atoms with Gasteiger partial charge in [0.25, 0.3) is 0 Å². The summed E-state index contributed by atoms with van der Waals surface area (Å²) in [6.45, 7) is 1.86. The highest BCUT2D eigenvalue weighted by atomic mass is 16.5. The van der Waals surface area contributed by atoms with Crippen molar-refractivity contribution in [2.75, 3.05) is 0 Å². The van der Waals surface area contributed by atoms with Crippen LogP contribution in [0.1, 0.15) is 30.6 Å². The number of esters is 1. The van der Waals surface area contributed by atoms with Crippen molar-refractivity contribution < 1.29 is 14.6 Å². The number of aliphatic hydroxyl groups is 1. The molecule has 0 amide bonds. The van der Waals surface area contributed by atoms with Crippen LogP contribution in [-0.2, 0) is 16.0 Å². The Morgan fingerprint density at radius 1 is 1.35 bits per heavy atom. The van der Waals surface area contributed by atoms with E-state index in [1.165, 1.54) is 6.08 Å². The van der Waals surface area contributed by atoms with Crippen LogP contribution in [0.2, 0.25) is 0 Å². The highest BCUT2D eigenvalue weighted by Gasteiger charge is 2.16. The Hall–Kier alpha value is -1.61. The molecule has 0 radical (unpaired) electrons. The van der Waals surface area contributed by atoms with E-state index >= 15 is 0 Å². The summed E-state index contributed by atoms with van der Waals surface area (Å²) in [6.07, 6.45) is 3.36. The van der Waals surface area contributed by atoms with Crippen LogP contribution in [0.3, 0.4) is 0 Å². The smallest absolute Gasteiger partial charge is 0.330 e. The maximum atomic E-state index is 11.3. The predicted octanol–water partition coefficient (Wildman–Crippen LogP) is 2.15. The molecule has 3 nitrogen and oxygen atoms in total.